The summed E-state index contributed by atoms with van der Waals surface area (Å²) in [6.07, 6.45) is 2.80. The molecule has 1 heterocycles. The molecule has 0 aliphatic rings. The highest BCUT2D eigenvalue weighted by molar-refractivity contribution is 5.94. The van der Waals surface area contributed by atoms with Gasteiger partial charge in [0.05, 0.1) is 12.6 Å². The van der Waals surface area contributed by atoms with Crippen molar-refractivity contribution in [2.75, 3.05) is 6.61 Å². The molecule has 0 saturated carbocycles. The van der Waals surface area contributed by atoms with Crippen molar-refractivity contribution in [2.24, 2.45) is 0 Å². The Kier molecular flexibility index (Phi) is 4.10. The molecule has 0 aliphatic heterocycles. The van der Waals surface area contributed by atoms with E-state index in [1.165, 1.54) is 18.5 Å². The maximum absolute atomic E-state index is 12.0. The van der Waals surface area contributed by atoms with Crippen molar-refractivity contribution in [3.05, 3.63) is 70.1 Å². The number of aliphatic hydroxyl groups excluding tert-OH is 1. The van der Waals surface area contributed by atoms with Crippen LogP contribution >= 0.6 is 0 Å². The molecule has 19 heavy (non-hydrogen) atoms. The van der Waals surface area contributed by atoms with Gasteiger partial charge < -0.3 is 15.4 Å². The second-order valence-electron chi connectivity index (χ2n) is 4.04. The van der Waals surface area contributed by atoms with Crippen LogP contribution in [-0.4, -0.2) is 22.6 Å². The Morgan fingerprint density at radius 3 is 2.63 bits per heavy atom. The number of benzene rings is 1. The average molecular weight is 258 g/mol. The molecule has 0 fully saturated rings. The number of H-pyrrole nitrogens is 1. The first-order valence-corrected chi connectivity index (χ1v) is 5.86. The Balaban J connectivity index is 2.18. The van der Waals surface area contributed by atoms with E-state index in [2.05, 4.69) is 10.3 Å². The van der Waals surface area contributed by atoms with Gasteiger partial charge in [0.25, 0.3) is 5.91 Å². The molecule has 5 nitrogen and oxygen atoms in total. The minimum absolute atomic E-state index is 0.0249. The third kappa shape index (κ3) is 3.08. The van der Waals surface area contributed by atoms with Crippen molar-refractivity contribution in [1.82, 2.24) is 10.3 Å². The Hall–Kier alpha value is -2.40. The smallest absolute Gasteiger partial charge is 0.257 e. The van der Waals surface area contributed by atoms with E-state index in [0.29, 0.717) is 0 Å². The second kappa shape index (κ2) is 5.97. The summed E-state index contributed by atoms with van der Waals surface area (Å²) in [5, 5.41) is 12.0. The van der Waals surface area contributed by atoms with Crippen molar-refractivity contribution in [3.63, 3.8) is 0 Å². The van der Waals surface area contributed by atoms with E-state index >= 15 is 0 Å². The quantitative estimate of drug-likeness (QED) is 0.760. The van der Waals surface area contributed by atoms with Crippen LogP contribution in [0.3, 0.4) is 0 Å². The zero-order valence-electron chi connectivity index (χ0n) is 10.2. The fourth-order valence-electron chi connectivity index (χ4n) is 1.75. The predicted molar refractivity (Wildman–Crippen MR) is 70.8 cm³/mol. The molecule has 98 valence electrons. The van der Waals surface area contributed by atoms with Gasteiger partial charge in [0.1, 0.15) is 5.56 Å². The van der Waals surface area contributed by atoms with Crippen LogP contribution in [0.25, 0.3) is 0 Å². The highest BCUT2D eigenvalue weighted by Gasteiger charge is 2.16. The van der Waals surface area contributed by atoms with Gasteiger partial charge >= 0.3 is 0 Å². The van der Waals surface area contributed by atoms with Crippen LogP contribution in [0, 0.1) is 0 Å². The zero-order chi connectivity index (χ0) is 13.7. The fourth-order valence-corrected chi connectivity index (χ4v) is 1.75. The molecule has 2 rings (SSSR count). The van der Waals surface area contributed by atoms with Gasteiger partial charge in [-0.15, -0.1) is 0 Å². The molecule has 0 saturated heterocycles. The predicted octanol–water partition coefficient (Wildman–Crippen LogP) is 0.838. The third-order valence-corrected chi connectivity index (χ3v) is 2.76. The maximum atomic E-state index is 12.0. The fraction of sp³-hybridized carbons (Fsp3) is 0.143. The number of aromatic amines is 1. The normalized spacial score (nSPS) is 11.8. The topological polar surface area (TPSA) is 82.2 Å². The monoisotopic (exact) mass is 258 g/mol. The van der Waals surface area contributed by atoms with Gasteiger partial charge in [-0.1, -0.05) is 30.3 Å². The molecule has 0 radical (unpaired) electrons. The maximum Gasteiger partial charge on any atom is 0.257 e. The Labute approximate surface area is 109 Å². The summed E-state index contributed by atoms with van der Waals surface area (Å²) < 4.78 is 0. The molecule has 0 aliphatic carbocycles. The van der Waals surface area contributed by atoms with Crippen LogP contribution in [-0.2, 0) is 0 Å². The molecule has 3 N–H and O–H groups in total. The first kappa shape index (κ1) is 13.0. The molecule has 0 bridgehead atoms. The number of carbonyl (C=O) groups excluding carboxylic acids is 1. The van der Waals surface area contributed by atoms with E-state index in [9.17, 15) is 14.7 Å². The summed E-state index contributed by atoms with van der Waals surface area (Å²) in [4.78, 5) is 26.2. The number of pyridine rings is 1. The number of carbonyl (C=O) groups is 1. The number of aliphatic hydroxyl groups is 1. The van der Waals surface area contributed by atoms with Crippen LogP contribution < -0.4 is 10.7 Å². The summed E-state index contributed by atoms with van der Waals surface area (Å²) in [7, 11) is 0. The number of hydrogen-bond donors (Lipinski definition) is 3. The van der Waals surface area contributed by atoms with E-state index in [-0.39, 0.29) is 17.6 Å². The van der Waals surface area contributed by atoms with Gasteiger partial charge in [-0.3, -0.25) is 9.59 Å². The van der Waals surface area contributed by atoms with Gasteiger partial charge in [-0.25, -0.2) is 0 Å². The lowest BCUT2D eigenvalue weighted by atomic mass is 10.1. The summed E-state index contributed by atoms with van der Waals surface area (Å²) in [6.45, 7) is -0.236. The minimum Gasteiger partial charge on any atom is -0.394 e. The lowest BCUT2D eigenvalue weighted by Gasteiger charge is -2.16. The molecule has 1 atom stereocenters. The number of aromatic nitrogens is 1. The largest absolute Gasteiger partial charge is 0.394 e. The molecular weight excluding hydrogens is 244 g/mol. The molecule has 5 heteroatoms. The Morgan fingerprint density at radius 2 is 2.00 bits per heavy atom. The summed E-state index contributed by atoms with van der Waals surface area (Å²) in [5.74, 6) is -0.509. The summed E-state index contributed by atoms with van der Waals surface area (Å²) in [5.41, 5.74) is 0.448. The number of nitrogens with one attached hydrogen (secondary N) is 2. The summed E-state index contributed by atoms with van der Waals surface area (Å²) in [6, 6.07) is 9.84. The first-order valence-electron chi connectivity index (χ1n) is 5.86. The highest BCUT2D eigenvalue weighted by Crippen LogP contribution is 2.11. The van der Waals surface area contributed by atoms with Crippen LogP contribution in [0.1, 0.15) is 22.0 Å². The Bertz CT molecular complexity index is 607. The van der Waals surface area contributed by atoms with Gasteiger partial charge in [0.15, 0.2) is 5.43 Å². The zero-order valence-corrected chi connectivity index (χ0v) is 10.2. The first-order chi connectivity index (χ1) is 9.22. The minimum atomic E-state index is -0.534. The van der Waals surface area contributed by atoms with Gasteiger partial charge in [0.2, 0.25) is 0 Å². The molecule has 1 amide bonds. The van der Waals surface area contributed by atoms with E-state index in [0.717, 1.165) is 5.56 Å². The molecule has 1 aromatic carbocycles. The molecule has 0 spiro atoms. The SMILES string of the molecule is O=C(NC(CO)c1ccccc1)c1c[nH]ccc1=O. The van der Waals surface area contributed by atoms with Crippen LogP contribution in [0.2, 0.25) is 0 Å². The summed E-state index contributed by atoms with van der Waals surface area (Å²) >= 11 is 0. The third-order valence-electron chi connectivity index (χ3n) is 2.76. The lowest BCUT2D eigenvalue weighted by Crippen LogP contribution is -2.33. The molecular formula is C14H14N2O3. The van der Waals surface area contributed by atoms with Gasteiger partial charge in [-0.05, 0) is 5.56 Å². The van der Waals surface area contributed by atoms with Gasteiger partial charge in [-0.2, -0.15) is 0 Å². The number of amides is 1. The van der Waals surface area contributed by atoms with Crippen molar-refractivity contribution in [3.8, 4) is 0 Å². The lowest BCUT2D eigenvalue weighted by molar-refractivity contribution is 0.0914. The van der Waals surface area contributed by atoms with Crippen molar-refractivity contribution < 1.29 is 9.90 Å². The Morgan fingerprint density at radius 1 is 1.26 bits per heavy atom. The molecule has 2 aromatic rings. The van der Waals surface area contributed by atoms with E-state index < -0.39 is 11.9 Å². The number of hydrogen-bond acceptors (Lipinski definition) is 3. The van der Waals surface area contributed by atoms with Crippen LogP contribution in [0.15, 0.2) is 53.6 Å². The van der Waals surface area contributed by atoms with E-state index in [1.807, 2.05) is 18.2 Å². The average Bonchev–Trinajstić information content (AvgIpc) is 2.46. The second-order valence-corrected chi connectivity index (χ2v) is 4.04. The number of rotatable bonds is 4. The molecule has 1 aromatic heterocycles. The highest BCUT2D eigenvalue weighted by atomic mass is 16.3. The van der Waals surface area contributed by atoms with E-state index in [1.54, 1.807) is 12.1 Å². The molecule has 1 unspecified atom stereocenters. The van der Waals surface area contributed by atoms with Crippen LogP contribution in [0.4, 0.5) is 0 Å². The van der Waals surface area contributed by atoms with Crippen molar-refractivity contribution in [1.29, 1.82) is 0 Å². The standard InChI is InChI=1S/C14H14N2O3/c17-9-12(10-4-2-1-3-5-10)16-14(19)11-8-15-7-6-13(11)18/h1-8,12,17H,9H2,(H,15,18)(H,16,19). The van der Waals surface area contributed by atoms with E-state index in [4.69, 9.17) is 0 Å². The van der Waals surface area contributed by atoms with Gasteiger partial charge in [0, 0.05) is 18.5 Å². The van der Waals surface area contributed by atoms with Crippen molar-refractivity contribution in [2.45, 2.75) is 6.04 Å². The van der Waals surface area contributed by atoms with Crippen LogP contribution in [0.5, 0.6) is 0 Å². The van der Waals surface area contributed by atoms with Crippen molar-refractivity contribution >= 4 is 5.91 Å².